The van der Waals surface area contributed by atoms with Gasteiger partial charge >= 0.3 is 0 Å². The summed E-state index contributed by atoms with van der Waals surface area (Å²) in [6.45, 7) is 3.90. The monoisotopic (exact) mass is 410 g/mol. The number of hydrogen-bond acceptors (Lipinski definition) is 3. The van der Waals surface area contributed by atoms with Crippen molar-refractivity contribution in [2.75, 3.05) is 11.9 Å². The van der Waals surface area contributed by atoms with Crippen LogP contribution in [0.15, 0.2) is 53.9 Å². The molecule has 4 rings (SSSR count). The van der Waals surface area contributed by atoms with Crippen LogP contribution in [0.1, 0.15) is 38.0 Å². The Morgan fingerprint density at radius 1 is 1.14 bits per heavy atom. The molecule has 142 valence electrons. The number of nitrogens with zero attached hydrogens (tertiary/aromatic N) is 1. The average Bonchev–Trinajstić information content (AvgIpc) is 3.11. The predicted molar refractivity (Wildman–Crippen MR) is 113 cm³/mol. The van der Waals surface area contributed by atoms with Gasteiger partial charge in [-0.1, -0.05) is 34.9 Å². The number of halogens is 1. The van der Waals surface area contributed by atoms with E-state index in [0.717, 1.165) is 21.6 Å². The molecule has 0 radical (unpaired) electrons. The van der Waals surface area contributed by atoms with Crippen LogP contribution in [0.4, 0.5) is 5.69 Å². The summed E-state index contributed by atoms with van der Waals surface area (Å²) in [5.41, 5.74) is 4.11. The Balaban J connectivity index is 1.88. The summed E-state index contributed by atoms with van der Waals surface area (Å²) in [5, 5.41) is 5.45. The van der Waals surface area contributed by atoms with Crippen molar-refractivity contribution in [1.29, 1.82) is 0 Å². The minimum absolute atomic E-state index is 0.0271. The number of thiophene rings is 1. The summed E-state index contributed by atoms with van der Waals surface area (Å²) < 4.78 is 0. The molecule has 4 nitrogen and oxygen atoms in total. The molecule has 0 saturated heterocycles. The van der Waals surface area contributed by atoms with E-state index in [2.05, 4.69) is 5.32 Å². The first-order valence-corrected chi connectivity index (χ1v) is 10.2. The third-order valence-electron chi connectivity index (χ3n) is 4.75. The molecule has 1 aliphatic rings. The Bertz CT molecular complexity index is 1040. The Hall–Kier alpha value is -2.63. The molecule has 1 atom stereocenters. The normalized spacial score (nSPS) is 16.3. The number of carbonyl (C=O) groups is 2. The molecule has 1 N–H and O–H groups in total. The Morgan fingerprint density at radius 2 is 1.89 bits per heavy atom. The number of amides is 2. The van der Waals surface area contributed by atoms with Gasteiger partial charge in [-0.05, 0) is 55.6 Å². The molecule has 1 aliphatic heterocycles. The number of fused-ring (bicyclic) bond motifs is 1. The van der Waals surface area contributed by atoms with E-state index in [9.17, 15) is 9.59 Å². The van der Waals surface area contributed by atoms with Crippen molar-refractivity contribution in [3.63, 3.8) is 0 Å². The molecule has 28 heavy (non-hydrogen) atoms. The van der Waals surface area contributed by atoms with Crippen molar-refractivity contribution in [3.8, 4) is 0 Å². The summed E-state index contributed by atoms with van der Waals surface area (Å²) in [4.78, 5) is 28.7. The maximum absolute atomic E-state index is 13.5. The van der Waals surface area contributed by atoms with Crippen LogP contribution >= 0.6 is 22.9 Å². The van der Waals surface area contributed by atoms with Gasteiger partial charge in [-0.2, -0.15) is 0 Å². The molecule has 0 saturated carbocycles. The zero-order valence-corrected chi connectivity index (χ0v) is 17.1. The number of carbonyl (C=O) groups excluding carboxylic acids is 2. The van der Waals surface area contributed by atoms with Gasteiger partial charge in [0.15, 0.2) is 0 Å². The zero-order chi connectivity index (χ0) is 19.8. The summed E-state index contributed by atoms with van der Waals surface area (Å²) in [6, 6.07) is 14.7. The number of benzene rings is 2. The molecular weight excluding hydrogens is 392 g/mol. The number of rotatable bonds is 2. The molecule has 0 aliphatic carbocycles. The molecule has 1 aromatic heterocycles. The van der Waals surface area contributed by atoms with Crippen LogP contribution in [0.2, 0.25) is 5.02 Å². The van der Waals surface area contributed by atoms with E-state index in [1.165, 1.54) is 0 Å². The van der Waals surface area contributed by atoms with Crippen LogP contribution in [-0.2, 0) is 4.79 Å². The number of hydrogen-bond donors (Lipinski definition) is 1. The molecule has 0 spiro atoms. The fourth-order valence-electron chi connectivity index (χ4n) is 3.68. The third-order valence-corrected chi connectivity index (χ3v) is 5.91. The van der Waals surface area contributed by atoms with E-state index in [-0.39, 0.29) is 24.4 Å². The van der Waals surface area contributed by atoms with Crippen LogP contribution in [0.5, 0.6) is 0 Å². The largest absolute Gasteiger partial charge is 0.324 e. The first-order chi connectivity index (χ1) is 13.4. The average molecular weight is 411 g/mol. The van der Waals surface area contributed by atoms with Crippen molar-refractivity contribution in [1.82, 2.24) is 4.90 Å². The quantitative estimate of drug-likeness (QED) is 0.631. The Morgan fingerprint density at radius 3 is 2.57 bits per heavy atom. The SMILES string of the molecule is Cc1cc(C)cc(C(=O)N2CC(=O)Nc3ccc(Cl)cc3C2c2cccs2)c1. The van der Waals surface area contributed by atoms with Crippen molar-refractivity contribution in [2.24, 2.45) is 0 Å². The van der Waals surface area contributed by atoms with Crippen LogP contribution in [-0.4, -0.2) is 23.3 Å². The lowest BCUT2D eigenvalue weighted by atomic mass is 10.00. The molecule has 2 amide bonds. The van der Waals surface area contributed by atoms with E-state index in [4.69, 9.17) is 11.6 Å². The zero-order valence-electron chi connectivity index (χ0n) is 15.5. The summed E-state index contributed by atoms with van der Waals surface area (Å²) in [5.74, 6) is -0.395. The van der Waals surface area contributed by atoms with Crippen molar-refractivity contribution < 1.29 is 9.59 Å². The molecule has 2 heterocycles. The lowest BCUT2D eigenvalue weighted by Crippen LogP contribution is -2.38. The van der Waals surface area contributed by atoms with Gasteiger partial charge < -0.3 is 10.2 Å². The highest BCUT2D eigenvalue weighted by Crippen LogP contribution is 2.39. The maximum atomic E-state index is 13.5. The van der Waals surface area contributed by atoms with Crippen LogP contribution in [0.3, 0.4) is 0 Å². The van der Waals surface area contributed by atoms with Gasteiger partial charge in [0.05, 0.1) is 6.04 Å². The van der Waals surface area contributed by atoms with Crippen LogP contribution in [0, 0.1) is 13.8 Å². The molecule has 0 fully saturated rings. The topological polar surface area (TPSA) is 49.4 Å². The van der Waals surface area contributed by atoms with Gasteiger partial charge in [-0.15, -0.1) is 11.3 Å². The van der Waals surface area contributed by atoms with Crippen molar-refractivity contribution in [3.05, 3.63) is 86.1 Å². The Labute approximate surface area is 172 Å². The molecule has 0 bridgehead atoms. The first kappa shape index (κ1) is 18.7. The van der Waals surface area contributed by atoms with E-state index in [1.807, 2.05) is 55.6 Å². The highest BCUT2D eigenvalue weighted by molar-refractivity contribution is 7.10. The highest BCUT2D eigenvalue weighted by Gasteiger charge is 2.34. The predicted octanol–water partition coefficient (Wildman–Crippen LogP) is 5.20. The number of anilines is 1. The van der Waals surface area contributed by atoms with Crippen molar-refractivity contribution >= 4 is 40.4 Å². The van der Waals surface area contributed by atoms with E-state index < -0.39 is 0 Å². The smallest absolute Gasteiger partial charge is 0.255 e. The second-order valence-corrected chi connectivity index (χ2v) is 8.42. The fraction of sp³-hybridized carbons (Fsp3) is 0.182. The van der Waals surface area contributed by atoms with Gasteiger partial charge in [0.2, 0.25) is 5.91 Å². The molecule has 6 heteroatoms. The van der Waals surface area contributed by atoms with Gasteiger partial charge in [-0.25, -0.2) is 0 Å². The first-order valence-electron chi connectivity index (χ1n) is 8.94. The van der Waals surface area contributed by atoms with Gasteiger partial charge in [0.25, 0.3) is 5.91 Å². The van der Waals surface area contributed by atoms with Crippen LogP contribution < -0.4 is 5.32 Å². The number of nitrogens with one attached hydrogen (secondary N) is 1. The molecule has 1 unspecified atom stereocenters. The standard InChI is InChI=1S/C22H19ClN2O2S/c1-13-8-14(2)10-15(9-13)22(27)25-12-20(26)24-18-6-5-16(23)11-17(18)21(25)19-4-3-7-28-19/h3-11,21H,12H2,1-2H3,(H,24,26). The van der Waals surface area contributed by atoms with E-state index in [0.29, 0.717) is 16.3 Å². The summed E-state index contributed by atoms with van der Waals surface area (Å²) in [6.07, 6.45) is 0. The molecular formula is C22H19ClN2O2S. The van der Waals surface area contributed by atoms with Crippen LogP contribution in [0.25, 0.3) is 0 Å². The van der Waals surface area contributed by atoms with Crippen molar-refractivity contribution in [2.45, 2.75) is 19.9 Å². The lowest BCUT2D eigenvalue weighted by molar-refractivity contribution is -0.117. The fourth-order valence-corrected chi connectivity index (χ4v) is 4.72. The summed E-state index contributed by atoms with van der Waals surface area (Å²) in [7, 11) is 0. The van der Waals surface area contributed by atoms with Gasteiger partial charge in [0, 0.05) is 26.7 Å². The van der Waals surface area contributed by atoms with Gasteiger partial charge in [-0.3, -0.25) is 9.59 Å². The second kappa shape index (κ2) is 7.41. The van der Waals surface area contributed by atoms with Gasteiger partial charge in [0.1, 0.15) is 6.54 Å². The van der Waals surface area contributed by atoms with E-state index >= 15 is 0 Å². The second-order valence-electron chi connectivity index (χ2n) is 7.01. The molecule has 2 aromatic carbocycles. The maximum Gasteiger partial charge on any atom is 0.255 e. The summed E-state index contributed by atoms with van der Waals surface area (Å²) >= 11 is 7.82. The number of aryl methyl sites for hydroxylation is 2. The minimum Gasteiger partial charge on any atom is -0.324 e. The minimum atomic E-state index is -0.388. The third kappa shape index (κ3) is 3.55. The molecule has 3 aromatic rings. The Kier molecular flexibility index (Phi) is 4.96. The van der Waals surface area contributed by atoms with E-state index in [1.54, 1.807) is 28.4 Å². The highest BCUT2D eigenvalue weighted by atomic mass is 35.5. The lowest BCUT2D eigenvalue weighted by Gasteiger charge is -2.30.